The Balaban J connectivity index is 2.79. The van der Waals surface area contributed by atoms with Crippen molar-refractivity contribution in [3.05, 3.63) is 30.3 Å². The molecule has 0 unspecified atom stereocenters. The SMILES string of the molecule is CCCCC#CC(C#CCCCC)=Nc1ccccc1. The summed E-state index contributed by atoms with van der Waals surface area (Å²) < 4.78 is 0. The summed E-state index contributed by atoms with van der Waals surface area (Å²) >= 11 is 0. The lowest BCUT2D eigenvalue weighted by Gasteiger charge is -1.92. The van der Waals surface area contributed by atoms with Crippen molar-refractivity contribution < 1.29 is 0 Å². The van der Waals surface area contributed by atoms with Crippen LogP contribution in [0.25, 0.3) is 0 Å². The van der Waals surface area contributed by atoms with E-state index in [0.29, 0.717) is 5.71 Å². The summed E-state index contributed by atoms with van der Waals surface area (Å²) in [4.78, 5) is 4.52. The molecule has 0 amide bonds. The van der Waals surface area contributed by atoms with E-state index in [0.717, 1.165) is 31.4 Å². The number of hydrogen-bond acceptors (Lipinski definition) is 1. The van der Waals surface area contributed by atoms with Crippen LogP contribution in [0, 0.1) is 23.7 Å². The van der Waals surface area contributed by atoms with Gasteiger partial charge in [-0.1, -0.05) is 56.7 Å². The van der Waals surface area contributed by atoms with E-state index in [2.05, 4.69) is 42.5 Å². The first kappa shape index (κ1) is 16.1. The largest absolute Gasteiger partial charge is 0.231 e. The lowest BCUT2D eigenvalue weighted by molar-refractivity contribution is 0.828. The van der Waals surface area contributed by atoms with Gasteiger partial charge in [-0.2, -0.15) is 0 Å². The van der Waals surface area contributed by atoms with Gasteiger partial charge in [-0.15, -0.1) is 0 Å². The molecule has 1 rings (SSSR count). The first-order valence-electron chi connectivity index (χ1n) is 7.48. The van der Waals surface area contributed by atoms with Crippen molar-refractivity contribution in [3.8, 4) is 23.7 Å². The molecule has 0 spiro atoms. The van der Waals surface area contributed by atoms with E-state index in [9.17, 15) is 0 Å². The maximum atomic E-state index is 4.52. The molecule has 1 heteroatoms. The summed E-state index contributed by atoms with van der Waals surface area (Å²) in [5.41, 5.74) is 1.60. The molecule has 0 aliphatic rings. The van der Waals surface area contributed by atoms with Crippen LogP contribution in [0.5, 0.6) is 0 Å². The standard InChI is InChI=1S/C19H23N/c1-3-5-7-10-14-18(15-11-8-6-4-2)20-19-16-12-9-13-17-19/h9,12-13,16-17H,3-8H2,1-2H3. The number of benzene rings is 1. The van der Waals surface area contributed by atoms with E-state index in [1.807, 2.05) is 30.3 Å². The van der Waals surface area contributed by atoms with E-state index in [4.69, 9.17) is 0 Å². The maximum Gasteiger partial charge on any atom is 0.163 e. The number of unbranched alkanes of at least 4 members (excludes halogenated alkanes) is 4. The van der Waals surface area contributed by atoms with Crippen LogP contribution in [0.2, 0.25) is 0 Å². The lowest BCUT2D eigenvalue weighted by Crippen LogP contribution is -1.89. The Labute approximate surface area is 123 Å². The van der Waals surface area contributed by atoms with Gasteiger partial charge in [-0.25, -0.2) is 4.99 Å². The topological polar surface area (TPSA) is 12.4 Å². The highest BCUT2D eigenvalue weighted by molar-refractivity contribution is 6.14. The third kappa shape index (κ3) is 7.45. The molecule has 1 aromatic rings. The Hall–Kier alpha value is -1.99. The Morgan fingerprint density at radius 1 is 0.900 bits per heavy atom. The van der Waals surface area contributed by atoms with Crippen LogP contribution in [0.15, 0.2) is 35.3 Å². The Morgan fingerprint density at radius 2 is 1.45 bits per heavy atom. The minimum Gasteiger partial charge on any atom is -0.231 e. The summed E-state index contributed by atoms with van der Waals surface area (Å²) in [5, 5.41) is 0. The van der Waals surface area contributed by atoms with Gasteiger partial charge in [0.25, 0.3) is 0 Å². The molecule has 0 saturated carbocycles. The van der Waals surface area contributed by atoms with Crippen LogP contribution in [-0.4, -0.2) is 5.71 Å². The molecule has 0 heterocycles. The Kier molecular flexibility index (Phi) is 8.75. The fourth-order valence-corrected chi connectivity index (χ4v) is 1.54. The average molecular weight is 265 g/mol. The molecule has 0 saturated heterocycles. The van der Waals surface area contributed by atoms with Crippen molar-refractivity contribution in [1.29, 1.82) is 0 Å². The minimum absolute atomic E-state index is 0.684. The van der Waals surface area contributed by atoms with Gasteiger partial charge in [0.2, 0.25) is 0 Å². The normalized spacial score (nSPS) is 8.90. The molecule has 1 nitrogen and oxygen atoms in total. The third-order valence-corrected chi connectivity index (χ3v) is 2.72. The van der Waals surface area contributed by atoms with E-state index in [1.165, 1.54) is 12.8 Å². The Morgan fingerprint density at radius 3 is 1.95 bits per heavy atom. The molecule has 0 N–H and O–H groups in total. The molecule has 0 aromatic heterocycles. The summed E-state index contributed by atoms with van der Waals surface area (Å²) in [6, 6.07) is 9.89. The minimum atomic E-state index is 0.684. The van der Waals surface area contributed by atoms with Crippen LogP contribution >= 0.6 is 0 Å². The van der Waals surface area contributed by atoms with Crippen molar-refractivity contribution in [2.45, 2.75) is 52.4 Å². The predicted octanol–water partition coefficient (Wildman–Crippen LogP) is 5.15. The molecule has 0 atom stereocenters. The summed E-state index contributed by atoms with van der Waals surface area (Å²) in [5.74, 6) is 12.5. The van der Waals surface area contributed by atoms with Gasteiger partial charge >= 0.3 is 0 Å². The smallest absolute Gasteiger partial charge is 0.163 e. The molecular weight excluding hydrogens is 242 g/mol. The van der Waals surface area contributed by atoms with E-state index in [-0.39, 0.29) is 0 Å². The van der Waals surface area contributed by atoms with Crippen LogP contribution in [0.3, 0.4) is 0 Å². The van der Waals surface area contributed by atoms with Gasteiger partial charge < -0.3 is 0 Å². The van der Waals surface area contributed by atoms with Crippen LogP contribution in [0.1, 0.15) is 52.4 Å². The van der Waals surface area contributed by atoms with Crippen molar-refractivity contribution in [2.75, 3.05) is 0 Å². The van der Waals surface area contributed by atoms with Crippen molar-refractivity contribution >= 4 is 11.4 Å². The van der Waals surface area contributed by atoms with Crippen LogP contribution < -0.4 is 0 Å². The van der Waals surface area contributed by atoms with E-state index < -0.39 is 0 Å². The molecule has 0 aliphatic heterocycles. The lowest BCUT2D eigenvalue weighted by atomic mass is 10.2. The molecule has 20 heavy (non-hydrogen) atoms. The second-order valence-electron chi connectivity index (χ2n) is 4.61. The van der Waals surface area contributed by atoms with Crippen LogP contribution in [0.4, 0.5) is 5.69 Å². The summed E-state index contributed by atoms with van der Waals surface area (Å²) in [6.07, 6.45) is 6.44. The van der Waals surface area contributed by atoms with Gasteiger partial charge in [-0.3, -0.25) is 0 Å². The quantitative estimate of drug-likeness (QED) is 0.397. The number of hydrogen-bond donors (Lipinski definition) is 0. The Bertz CT molecular complexity index is 490. The monoisotopic (exact) mass is 265 g/mol. The number of rotatable bonds is 5. The molecule has 0 radical (unpaired) electrons. The highest BCUT2D eigenvalue weighted by atomic mass is 14.7. The fourth-order valence-electron chi connectivity index (χ4n) is 1.54. The van der Waals surface area contributed by atoms with Crippen molar-refractivity contribution in [1.82, 2.24) is 0 Å². The summed E-state index contributed by atoms with van der Waals surface area (Å²) in [6.45, 7) is 4.34. The fraction of sp³-hybridized carbons (Fsp3) is 0.421. The zero-order chi connectivity index (χ0) is 14.5. The van der Waals surface area contributed by atoms with E-state index in [1.54, 1.807) is 0 Å². The average Bonchev–Trinajstić information content (AvgIpc) is 2.49. The number of aliphatic imine (C=N–C) groups is 1. The van der Waals surface area contributed by atoms with Gasteiger partial charge in [-0.05, 0) is 36.8 Å². The molecule has 1 aromatic carbocycles. The second-order valence-corrected chi connectivity index (χ2v) is 4.61. The van der Waals surface area contributed by atoms with Gasteiger partial charge in [0.15, 0.2) is 5.71 Å². The first-order chi connectivity index (χ1) is 9.86. The highest BCUT2D eigenvalue weighted by Crippen LogP contribution is 2.09. The highest BCUT2D eigenvalue weighted by Gasteiger charge is 1.91. The number of para-hydroxylation sites is 1. The van der Waals surface area contributed by atoms with Gasteiger partial charge in [0.05, 0.1) is 5.69 Å². The van der Waals surface area contributed by atoms with Crippen LogP contribution in [-0.2, 0) is 0 Å². The molecule has 0 bridgehead atoms. The van der Waals surface area contributed by atoms with Crippen molar-refractivity contribution in [2.24, 2.45) is 4.99 Å². The van der Waals surface area contributed by atoms with Gasteiger partial charge in [0, 0.05) is 12.8 Å². The zero-order valence-corrected chi connectivity index (χ0v) is 12.6. The van der Waals surface area contributed by atoms with Crippen molar-refractivity contribution in [3.63, 3.8) is 0 Å². The maximum absolute atomic E-state index is 4.52. The first-order valence-corrected chi connectivity index (χ1v) is 7.48. The van der Waals surface area contributed by atoms with E-state index >= 15 is 0 Å². The zero-order valence-electron chi connectivity index (χ0n) is 12.6. The molecule has 0 aliphatic carbocycles. The molecular formula is C19H23N. The summed E-state index contributed by atoms with van der Waals surface area (Å²) in [7, 11) is 0. The third-order valence-electron chi connectivity index (χ3n) is 2.72. The predicted molar refractivity (Wildman–Crippen MR) is 88.1 cm³/mol. The number of nitrogens with zero attached hydrogens (tertiary/aromatic N) is 1. The second kappa shape index (κ2) is 10.9. The molecule has 0 fully saturated rings. The molecule has 104 valence electrons. The van der Waals surface area contributed by atoms with Gasteiger partial charge in [0.1, 0.15) is 0 Å².